The minimum atomic E-state index is -1.46. The first-order chi connectivity index (χ1) is 35.6. The van der Waals surface area contributed by atoms with Crippen LogP contribution in [-0.2, 0) is 65.7 Å². The highest BCUT2D eigenvalue weighted by Crippen LogP contribution is 2.39. The Balaban J connectivity index is 1.07. The minimum Gasteiger partial charge on any atom is -0.390 e. The number of nitrogens with one attached hydrogen (secondary N) is 7. The van der Waals surface area contributed by atoms with Crippen LogP contribution in [0.2, 0.25) is 0 Å². The number of carbonyl (C=O) groups excluding carboxylic acids is 11. The Morgan fingerprint density at radius 1 is 0.787 bits per heavy atom. The van der Waals surface area contributed by atoms with Crippen LogP contribution in [0.15, 0.2) is 48.5 Å². The molecule has 2 aromatic rings. The fourth-order valence-electron chi connectivity index (χ4n) is 9.14. The largest absolute Gasteiger partial charge is 0.390 e. The summed E-state index contributed by atoms with van der Waals surface area (Å²) in [5.74, 6) is -6.30. The SMILES string of the molecule is CC(C)(C)NC(=O)[C@@H]1C[C@@H]2CCCC[C@@H]2CN1C[C@@H](O)[C@H](Cc1ccccc1)NC(=O)[C@H](CC(N)=O)NC(=O)c1cccc(CNC(=O)CCCC(=O)NCC(=O)NCC(=O)NCCC(=O)ON2C(=O)CCC2=O)n1. The van der Waals surface area contributed by atoms with Gasteiger partial charge in [0.1, 0.15) is 11.7 Å². The van der Waals surface area contributed by atoms with Crippen molar-refractivity contribution in [3.63, 3.8) is 0 Å². The molecule has 5 rings (SSSR count). The smallest absolute Gasteiger partial charge is 0.334 e. The van der Waals surface area contributed by atoms with Crippen LogP contribution >= 0.6 is 0 Å². The molecule has 1 saturated carbocycles. The van der Waals surface area contributed by atoms with Crippen molar-refractivity contribution in [3.8, 4) is 0 Å². The van der Waals surface area contributed by atoms with Crippen LogP contribution in [0, 0.1) is 11.8 Å². The lowest BCUT2D eigenvalue weighted by Gasteiger charge is -2.47. The van der Waals surface area contributed by atoms with E-state index in [1.54, 1.807) is 6.07 Å². The number of aliphatic hydroxyl groups is 1. The summed E-state index contributed by atoms with van der Waals surface area (Å²) in [4.78, 5) is 149. The number of nitrogens with zero attached hydrogens (tertiary/aromatic N) is 3. The first-order valence-electron chi connectivity index (χ1n) is 25.4. The Morgan fingerprint density at radius 3 is 2.09 bits per heavy atom. The summed E-state index contributed by atoms with van der Waals surface area (Å²) in [6, 6.07) is 10.8. The van der Waals surface area contributed by atoms with Crippen LogP contribution < -0.4 is 43.0 Å². The van der Waals surface area contributed by atoms with Gasteiger partial charge in [0.05, 0.1) is 56.4 Å². The number of fused-ring (bicyclic) bond motifs is 1. The van der Waals surface area contributed by atoms with Crippen molar-refractivity contribution in [2.45, 2.75) is 141 Å². The van der Waals surface area contributed by atoms with E-state index in [1.165, 1.54) is 12.1 Å². The van der Waals surface area contributed by atoms with Gasteiger partial charge in [-0.3, -0.25) is 52.8 Å². The second-order valence-electron chi connectivity index (χ2n) is 20.2. The summed E-state index contributed by atoms with van der Waals surface area (Å²) >= 11 is 0. The zero-order valence-corrected chi connectivity index (χ0v) is 42.8. The highest BCUT2D eigenvalue weighted by atomic mass is 16.7. The number of aromatic nitrogens is 1. The van der Waals surface area contributed by atoms with Gasteiger partial charge in [0.2, 0.25) is 41.4 Å². The van der Waals surface area contributed by atoms with Gasteiger partial charge in [-0.1, -0.05) is 55.7 Å². The number of nitrogens with two attached hydrogens (primary N) is 1. The molecule has 1 aliphatic carbocycles. The molecule has 3 fully saturated rings. The number of hydrogen-bond donors (Lipinski definition) is 9. The van der Waals surface area contributed by atoms with Gasteiger partial charge in [-0.25, -0.2) is 9.78 Å². The van der Waals surface area contributed by atoms with Crippen LogP contribution in [-0.4, -0.2) is 148 Å². The summed E-state index contributed by atoms with van der Waals surface area (Å²) < 4.78 is 0. The van der Waals surface area contributed by atoms with E-state index in [0.29, 0.717) is 29.9 Å². The molecule has 0 unspecified atom stereocenters. The molecule has 75 heavy (non-hydrogen) atoms. The zero-order chi connectivity index (χ0) is 54.7. The van der Waals surface area contributed by atoms with E-state index in [2.05, 4.69) is 42.2 Å². The monoisotopic (exact) mass is 1050 g/mol. The first-order valence-corrected chi connectivity index (χ1v) is 25.4. The number of amides is 10. The van der Waals surface area contributed by atoms with E-state index in [1.807, 2.05) is 56.0 Å². The Labute approximate surface area is 435 Å². The van der Waals surface area contributed by atoms with Crippen LogP contribution in [0.25, 0.3) is 0 Å². The molecule has 10 N–H and O–H groups in total. The molecule has 6 atom stereocenters. The molecule has 1 aromatic carbocycles. The van der Waals surface area contributed by atoms with Crippen LogP contribution in [0.4, 0.5) is 0 Å². The summed E-state index contributed by atoms with van der Waals surface area (Å²) in [5.41, 5.74) is 6.04. The third kappa shape index (κ3) is 19.8. The van der Waals surface area contributed by atoms with E-state index >= 15 is 0 Å². The molecule has 1 aromatic heterocycles. The van der Waals surface area contributed by atoms with Gasteiger partial charge in [0, 0.05) is 50.9 Å². The second-order valence-corrected chi connectivity index (χ2v) is 20.2. The summed E-state index contributed by atoms with van der Waals surface area (Å²) in [6.45, 7) is 5.24. The maximum atomic E-state index is 14.1. The summed E-state index contributed by atoms with van der Waals surface area (Å²) in [7, 11) is 0. The molecule has 2 aliphatic heterocycles. The number of rotatable bonds is 26. The van der Waals surface area contributed by atoms with E-state index in [0.717, 1.165) is 31.2 Å². The number of piperidine rings is 1. The van der Waals surface area contributed by atoms with E-state index in [4.69, 9.17) is 10.6 Å². The first kappa shape index (κ1) is 58.5. The molecule has 408 valence electrons. The van der Waals surface area contributed by atoms with Crippen molar-refractivity contribution in [1.82, 2.24) is 52.2 Å². The van der Waals surface area contributed by atoms with Crippen LogP contribution in [0.3, 0.4) is 0 Å². The Hall–Kier alpha value is -7.34. The Bertz CT molecular complexity index is 2380. The quantitative estimate of drug-likeness (QED) is 0.0514. The molecule has 3 heterocycles. The van der Waals surface area contributed by atoms with Gasteiger partial charge < -0.3 is 52.9 Å². The second kappa shape index (κ2) is 28.4. The number of carbonyl (C=O) groups is 11. The normalized spacial score (nSPS) is 18.8. The van der Waals surface area contributed by atoms with Crippen molar-refractivity contribution >= 4 is 65.0 Å². The average Bonchev–Trinajstić information content (AvgIpc) is 3.67. The van der Waals surface area contributed by atoms with Crippen molar-refractivity contribution in [2.24, 2.45) is 17.6 Å². The van der Waals surface area contributed by atoms with E-state index < -0.39 is 108 Å². The lowest BCUT2D eigenvalue weighted by molar-refractivity contribution is -0.197. The van der Waals surface area contributed by atoms with E-state index in [-0.39, 0.29) is 81.9 Å². The number of primary amides is 1. The molecule has 24 nitrogen and oxygen atoms in total. The third-order valence-electron chi connectivity index (χ3n) is 12.9. The predicted octanol–water partition coefficient (Wildman–Crippen LogP) is -0.928. The average molecular weight is 1050 g/mol. The molecular weight excluding hydrogens is 975 g/mol. The molecule has 0 bridgehead atoms. The minimum absolute atomic E-state index is 0.0589. The van der Waals surface area contributed by atoms with Crippen LogP contribution in [0.5, 0.6) is 0 Å². The predicted molar refractivity (Wildman–Crippen MR) is 267 cm³/mol. The van der Waals surface area contributed by atoms with Crippen molar-refractivity contribution in [2.75, 3.05) is 32.7 Å². The molecule has 3 aliphatic rings. The van der Waals surface area contributed by atoms with Crippen molar-refractivity contribution < 1.29 is 62.7 Å². The van der Waals surface area contributed by atoms with Crippen molar-refractivity contribution in [3.05, 3.63) is 65.5 Å². The fourth-order valence-corrected chi connectivity index (χ4v) is 9.14. The summed E-state index contributed by atoms with van der Waals surface area (Å²) in [6.07, 6.45) is 2.88. The molecular formula is C51H71N11O13. The number of β-amino-alcohol motifs (C(OH)–C–C–N with tert-alkyl or cyclic N) is 1. The van der Waals surface area contributed by atoms with Gasteiger partial charge in [-0.2, -0.15) is 0 Å². The lowest BCUT2D eigenvalue weighted by atomic mass is 9.72. The zero-order valence-electron chi connectivity index (χ0n) is 42.8. The fraction of sp³-hybridized carbons (Fsp3) is 0.569. The summed E-state index contributed by atoms with van der Waals surface area (Å²) in [5, 5.41) is 30.6. The highest BCUT2D eigenvalue weighted by Gasteiger charge is 2.42. The third-order valence-corrected chi connectivity index (χ3v) is 12.9. The number of benzene rings is 1. The number of imide groups is 1. The highest BCUT2D eigenvalue weighted by molar-refractivity contribution is 6.01. The van der Waals surface area contributed by atoms with Crippen LogP contribution in [0.1, 0.15) is 120 Å². The molecule has 0 spiro atoms. The standard InChI is InChI=1S/C51H71N11O13/c1-51(2,3)60-50(74)38-24-32-13-7-8-14-33(32)29-61(38)30-39(63)36(23-31-11-5-4-6-12-31)58-49(73)37(25-40(52)64)59-48(72)35-16-9-15-34(57-35)26-54-41(65)17-10-18-42(66)55-28-44(68)56-27-43(67)53-22-21-47(71)75-62-45(69)19-20-46(62)70/h4-6,9,11-12,15-16,32-33,36-39,63H,7-8,10,13-14,17-30H2,1-3H3,(H2,52,64)(H,53,67)(H,54,65)(H,55,66)(H,56,68)(H,58,73)(H,59,72)(H,60,74)/t32-,33+,36-,37-,38-,39+/m0/s1. The van der Waals surface area contributed by atoms with Crippen molar-refractivity contribution in [1.29, 1.82) is 0 Å². The Morgan fingerprint density at radius 2 is 1.43 bits per heavy atom. The van der Waals surface area contributed by atoms with Gasteiger partial charge in [0.25, 0.3) is 17.7 Å². The van der Waals surface area contributed by atoms with E-state index in [9.17, 15) is 57.8 Å². The van der Waals surface area contributed by atoms with Gasteiger partial charge in [0.15, 0.2) is 0 Å². The van der Waals surface area contributed by atoms with Gasteiger partial charge in [-0.05, 0) is 76.0 Å². The number of aliphatic hydroxyl groups excluding tert-OH is 1. The Kier molecular flexibility index (Phi) is 22.1. The number of pyridine rings is 1. The number of hydroxylamine groups is 2. The van der Waals surface area contributed by atoms with Gasteiger partial charge in [-0.15, -0.1) is 5.06 Å². The maximum Gasteiger partial charge on any atom is 0.334 e. The lowest BCUT2D eigenvalue weighted by Crippen LogP contribution is -2.61. The topological polar surface area (TPSA) is 347 Å². The van der Waals surface area contributed by atoms with Gasteiger partial charge >= 0.3 is 5.97 Å². The molecule has 24 heteroatoms. The molecule has 0 radical (unpaired) electrons. The molecule has 2 saturated heterocycles. The molecule has 10 amide bonds. The number of likely N-dealkylation sites (tertiary alicyclic amines) is 1. The number of hydrogen-bond acceptors (Lipinski definition) is 15. The maximum absolute atomic E-state index is 14.1.